The Balaban J connectivity index is 2.02. The molecule has 1 atom stereocenters. The Morgan fingerprint density at radius 1 is 1.22 bits per heavy atom. The highest BCUT2D eigenvalue weighted by molar-refractivity contribution is 7.80. The number of hydrogen-bond donors (Lipinski definition) is 4. The zero-order valence-electron chi connectivity index (χ0n) is 11.4. The van der Waals surface area contributed by atoms with Crippen LogP contribution < -0.4 is 11.1 Å². The van der Waals surface area contributed by atoms with Gasteiger partial charge in [-0.25, -0.2) is 18.2 Å². The summed E-state index contributed by atoms with van der Waals surface area (Å²) in [5, 5.41) is 2.08. The number of halogens is 4. The van der Waals surface area contributed by atoms with Gasteiger partial charge in [0, 0.05) is 11.3 Å². The quantitative estimate of drug-likeness (QED) is 0.418. The molecule has 4 nitrogen and oxygen atoms in total. The van der Waals surface area contributed by atoms with Crippen LogP contribution in [0.5, 0.6) is 0 Å². The molecule has 9 heteroatoms. The molecule has 0 spiro atoms. The molecule has 0 bridgehead atoms. The van der Waals surface area contributed by atoms with E-state index in [1.165, 1.54) is 18.2 Å². The zero-order chi connectivity index (χ0) is 16.7. The van der Waals surface area contributed by atoms with Crippen molar-refractivity contribution in [3.8, 4) is 0 Å². The maximum atomic E-state index is 13.8. The van der Waals surface area contributed by atoms with Gasteiger partial charge in [0.25, 0.3) is 0 Å². The van der Waals surface area contributed by atoms with Crippen molar-refractivity contribution in [2.45, 2.75) is 5.37 Å². The summed E-state index contributed by atoms with van der Waals surface area (Å²) in [5.41, 5.74) is 6.25. The Morgan fingerprint density at radius 2 is 1.96 bits per heavy atom. The number of hydrogen-bond acceptors (Lipinski definition) is 4. The van der Waals surface area contributed by atoms with Gasteiger partial charge in [-0.2, -0.15) is 0 Å². The summed E-state index contributed by atoms with van der Waals surface area (Å²) in [5.74, 6) is -2.74. The molecule has 0 radical (unpaired) electrons. The number of nitrogens with one attached hydrogen (secondary N) is 2. The lowest BCUT2D eigenvalue weighted by atomic mass is 10.1. The van der Waals surface area contributed by atoms with E-state index in [2.05, 4.69) is 27.9 Å². The Hall–Kier alpha value is -2.06. The van der Waals surface area contributed by atoms with Crippen molar-refractivity contribution < 1.29 is 13.2 Å². The van der Waals surface area contributed by atoms with E-state index in [1.54, 1.807) is 0 Å². The molecule has 1 heterocycles. The van der Waals surface area contributed by atoms with E-state index >= 15 is 0 Å². The lowest BCUT2D eigenvalue weighted by Gasteiger charge is -2.16. The predicted octanol–water partition coefficient (Wildman–Crippen LogP) is 4.26. The summed E-state index contributed by atoms with van der Waals surface area (Å²) >= 11 is 10.0. The highest BCUT2D eigenvalue weighted by atomic mass is 35.5. The molecule has 3 rings (SSSR count). The summed E-state index contributed by atoms with van der Waals surface area (Å²) in [6, 6.07) is 4.96. The number of rotatable bonds is 3. The molecule has 0 saturated heterocycles. The predicted molar refractivity (Wildman–Crippen MR) is 87.2 cm³/mol. The largest absolute Gasteiger partial charge is 0.370 e. The van der Waals surface area contributed by atoms with Crippen LogP contribution in [0.15, 0.2) is 24.3 Å². The summed E-state index contributed by atoms with van der Waals surface area (Å²) in [4.78, 5) is 6.41. The molecule has 0 aliphatic rings. The van der Waals surface area contributed by atoms with Crippen LogP contribution in [0.25, 0.3) is 11.0 Å². The lowest BCUT2D eigenvalue weighted by Crippen LogP contribution is -2.06. The molecule has 1 aromatic heterocycles. The average Bonchev–Trinajstić information content (AvgIpc) is 2.88. The minimum Gasteiger partial charge on any atom is -0.370 e. The van der Waals surface area contributed by atoms with Crippen LogP contribution in [-0.4, -0.2) is 9.97 Å². The van der Waals surface area contributed by atoms with Crippen LogP contribution in [0.2, 0.25) is 5.02 Å². The van der Waals surface area contributed by atoms with Crippen molar-refractivity contribution >= 4 is 46.9 Å². The molecule has 120 valence electrons. The molecule has 0 fully saturated rings. The van der Waals surface area contributed by atoms with Gasteiger partial charge >= 0.3 is 0 Å². The van der Waals surface area contributed by atoms with E-state index in [0.717, 1.165) is 6.07 Å². The van der Waals surface area contributed by atoms with Gasteiger partial charge in [-0.05, 0) is 24.3 Å². The van der Waals surface area contributed by atoms with Crippen LogP contribution in [0.4, 0.5) is 24.8 Å². The molecule has 4 N–H and O–H groups in total. The highest BCUT2D eigenvalue weighted by Gasteiger charge is 2.20. The second-order valence-electron chi connectivity index (χ2n) is 4.78. The van der Waals surface area contributed by atoms with Crippen molar-refractivity contribution in [2.24, 2.45) is 0 Å². The summed E-state index contributed by atoms with van der Waals surface area (Å²) in [7, 11) is 0. The van der Waals surface area contributed by atoms with Gasteiger partial charge < -0.3 is 16.0 Å². The Morgan fingerprint density at radius 3 is 2.65 bits per heavy atom. The van der Waals surface area contributed by atoms with Crippen molar-refractivity contribution in [1.29, 1.82) is 0 Å². The molecular formula is C14H10ClF3N4S. The SMILES string of the molecule is Nc1nc2c(C(S)Nc3ccc(F)c(Cl)c3)cc(F)c(F)c2[nH]1. The number of H-pyrrole nitrogens is 1. The van der Waals surface area contributed by atoms with Crippen LogP contribution in [0.3, 0.4) is 0 Å². The molecule has 0 aliphatic heterocycles. The number of imidazole rings is 1. The maximum Gasteiger partial charge on any atom is 0.198 e. The maximum absolute atomic E-state index is 13.8. The third-order valence-electron chi connectivity index (χ3n) is 3.22. The summed E-state index contributed by atoms with van der Waals surface area (Å²) in [6.45, 7) is 0. The molecule has 0 saturated carbocycles. The van der Waals surface area contributed by atoms with Gasteiger partial charge in [0.05, 0.1) is 15.9 Å². The van der Waals surface area contributed by atoms with Gasteiger partial charge in [0.15, 0.2) is 17.6 Å². The number of benzene rings is 2. The Labute approximate surface area is 139 Å². The number of fused-ring (bicyclic) bond motifs is 1. The normalized spacial score (nSPS) is 12.6. The first-order valence-electron chi connectivity index (χ1n) is 6.39. The Kier molecular flexibility index (Phi) is 4.03. The third-order valence-corrected chi connectivity index (χ3v) is 3.92. The number of aromatic amines is 1. The standard InChI is InChI=1S/C14H10ClF3N4S/c15-7-3-5(1-2-8(7)16)20-13(23)6-4-9(17)10(18)12-11(6)21-14(19)22-12/h1-4,13,20,23H,(H3,19,21,22). The second kappa shape index (κ2) is 5.86. The van der Waals surface area contributed by atoms with Gasteiger partial charge in [-0.1, -0.05) is 11.6 Å². The average molecular weight is 359 g/mol. The van der Waals surface area contributed by atoms with Gasteiger partial charge in [-0.15, -0.1) is 12.6 Å². The molecule has 0 aliphatic carbocycles. The molecule has 1 unspecified atom stereocenters. The van der Waals surface area contributed by atoms with E-state index in [9.17, 15) is 13.2 Å². The van der Waals surface area contributed by atoms with Gasteiger partial charge in [0.1, 0.15) is 11.3 Å². The molecule has 23 heavy (non-hydrogen) atoms. The first kappa shape index (κ1) is 15.8. The van der Waals surface area contributed by atoms with E-state index in [4.69, 9.17) is 17.3 Å². The van der Waals surface area contributed by atoms with E-state index in [1.807, 2.05) is 0 Å². The van der Waals surface area contributed by atoms with Crippen molar-refractivity contribution in [2.75, 3.05) is 11.1 Å². The number of nitrogens with two attached hydrogens (primary N) is 1. The van der Waals surface area contributed by atoms with Crippen LogP contribution in [0.1, 0.15) is 10.9 Å². The second-order valence-corrected chi connectivity index (χ2v) is 5.71. The first-order valence-corrected chi connectivity index (χ1v) is 7.29. The van der Waals surface area contributed by atoms with Crippen LogP contribution >= 0.6 is 24.2 Å². The topological polar surface area (TPSA) is 66.7 Å². The molecular weight excluding hydrogens is 349 g/mol. The van der Waals surface area contributed by atoms with E-state index in [0.29, 0.717) is 5.69 Å². The minimum absolute atomic E-state index is 0.0453. The number of thiol groups is 1. The zero-order valence-corrected chi connectivity index (χ0v) is 13.0. The monoisotopic (exact) mass is 358 g/mol. The fourth-order valence-electron chi connectivity index (χ4n) is 2.18. The first-order chi connectivity index (χ1) is 10.9. The third kappa shape index (κ3) is 2.91. The highest BCUT2D eigenvalue weighted by Crippen LogP contribution is 2.32. The van der Waals surface area contributed by atoms with Crippen LogP contribution in [0, 0.1) is 17.5 Å². The van der Waals surface area contributed by atoms with Crippen molar-refractivity contribution in [3.05, 3.63) is 52.3 Å². The van der Waals surface area contributed by atoms with E-state index < -0.39 is 22.8 Å². The lowest BCUT2D eigenvalue weighted by molar-refractivity contribution is 0.514. The number of aromatic nitrogens is 2. The summed E-state index contributed by atoms with van der Waals surface area (Å²) in [6.07, 6.45) is 0. The number of nitrogen functional groups attached to an aromatic ring is 1. The fraction of sp³-hybridized carbons (Fsp3) is 0.0714. The summed E-state index contributed by atoms with van der Waals surface area (Å²) < 4.78 is 40.7. The van der Waals surface area contributed by atoms with Crippen molar-refractivity contribution in [1.82, 2.24) is 9.97 Å². The molecule has 0 amide bonds. The van der Waals surface area contributed by atoms with Gasteiger partial charge in [0.2, 0.25) is 0 Å². The van der Waals surface area contributed by atoms with Crippen LogP contribution in [-0.2, 0) is 0 Å². The molecule has 3 aromatic rings. The van der Waals surface area contributed by atoms with E-state index in [-0.39, 0.29) is 27.6 Å². The van der Waals surface area contributed by atoms with Crippen molar-refractivity contribution in [3.63, 3.8) is 0 Å². The number of anilines is 2. The van der Waals surface area contributed by atoms with Gasteiger partial charge in [-0.3, -0.25) is 0 Å². The smallest absolute Gasteiger partial charge is 0.198 e. The minimum atomic E-state index is -1.07. The molecule has 2 aromatic carbocycles. The number of nitrogens with zero attached hydrogens (tertiary/aromatic N) is 1. The Bertz CT molecular complexity index is 899. The fourth-order valence-corrected chi connectivity index (χ4v) is 2.70.